The summed E-state index contributed by atoms with van der Waals surface area (Å²) in [7, 11) is 0. The number of carbonyl (C=O) groups excluding carboxylic acids is 1. The average Bonchev–Trinajstić information content (AvgIpc) is 2.78. The molecule has 7 heteroatoms. The Hall–Kier alpha value is -2.57. The number of nitrogens with one attached hydrogen (secondary N) is 2. The number of hydrogen-bond donors (Lipinski definition) is 3. The number of ether oxygens (including phenoxy) is 1. The summed E-state index contributed by atoms with van der Waals surface area (Å²) in [5.41, 5.74) is 5.96. The first-order valence-electron chi connectivity index (χ1n) is 5.80. The fourth-order valence-corrected chi connectivity index (χ4v) is 1.46. The van der Waals surface area contributed by atoms with Crippen molar-refractivity contribution >= 4 is 17.5 Å². The number of hydrogen-bond acceptors (Lipinski definition) is 5. The number of H-pyrrole nitrogens is 1. The first-order valence-corrected chi connectivity index (χ1v) is 5.80. The smallest absolute Gasteiger partial charge is 0.293 e. The molecule has 19 heavy (non-hydrogen) atoms. The number of nitrogens with two attached hydrogens (primary N) is 1. The highest BCUT2D eigenvalue weighted by atomic mass is 16.5. The summed E-state index contributed by atoms with van der Waals surface area (Å²) in [4.78, 5) is 15.5. The molecule has 0 bridgehead atoms. The third kappa shape index (κ3) is 3.44. The Bertz CT molecular complexity index is 562. The number of benzene rings is 1. The summed E-state index contributed by atoms with van der Waals surface area (Å²) >= 11 is 0. The summed E-state index contributed by atoms with van der Waals surface area (Å²) in [6.45, 7) is 3.90. The molecule has 4 N–H and O–H groups in total. The van der Waals surface area contributed by atoms with Crippen molar-refractivity contribution in [2.75, 3.05) is 11.1 Å². The molecule has 0 unspecified atom stereocenters. The number of aromatic nitrogens is 3. The first kappa shape index (κ1) is 12.9. The molecule has 0 atom stereocenters. The van der Waals surface area contributed by atoms with Crippen LogP contribution in [0, 0.1) is 0 Å². The number of nitrogens with zero attached hydrogens (tertiary/aromatic N) is 2. The van der Waals surface area contributed by atoms with Gasteiger partial charge in [0.1, 0.15) is 5.75 Å². The number of nitrogen functional groups attached to an aromatic ring is 1. The lowest BCUT2D eigenvalue weighted by Crippen LogP contribution is -2.13. The molecule has 7 nitrogen and oxygen atoms in total. The molecule has 1 aromatic carbocycles. The van der Waals surface area contributed by atoms with Gasteiger partial charge < -0.3 is 15.8 Å². The third-order valence-electron chi connectivity index (χ3n) is 2.20. The molecule has 100 valence electrons. The van der Waals surface area contributed by atoms with Crippen LogP contribution < -0.4 is 15.8 Å². The van der Waals surface area contributed by atoms with E-state index in [2.05, 4.69) is 20.5 Å². The molecule has 0 saturated carbocycles. The largest absolute Gasteiger partial charge is 0.491 e. The highest BCUT2D eigenvalue weighted by Crippen LogP contribution is 2.17. The second-order valence-corrected chi connectivity index (χ2v) is 4.19. The first-order chi connectivity index (χ1) is 9.04. The lowest BCUT2D eigenvalue weighted by atomic mass is 10.3. The Balaban J connectivity index is 2.01. The lowest BCUT2D eigenvalue weighted by molar-refractivity contribution is 0.101. The molecule has 0 saturated heterocycles. The van der Waals surface area contributed by atoms with Crippen LogP contribution in [-0.2, 0) is 0 Å². The second-order valence-electron chi connectivity index (χ2n) is 4.19. The van der Waals surface area contributed by atoms with Crippen LogP contribution in [0.2, 0.25) is 0 Å². The van der Waals surface area contributed by atoms with Crippen molar-refractivity contribution in [1.29, 1.82) is 0 Å². The number of rotatable bonds is 4. The number of anilines is 2. The number of aromatic amines is 1. The van der Waals surface area contributed by atoms with Gasteiger partial charge in [-0.3, -0.25) is 9.89 Å². The molecule has 0 fully saturated rings. The van der Waals surface area contributed by atoms with Crippen LogP contribution in [-0.4, -0.2) is 27.2 Å². The van der Waals surface area contributed by atoms with Crippen molar-refractivity contribution < 1.29 is 9.53 Å². The number of amides is 1. The van der Waals surface area contributed by atoms with Gasteiger partial charge in [0, 0.05) is 5.69 Å². The molecule has 0 spiro atoms. The minimum atomic E-state index is -0.401. The molecule has 0 aliphatic heterocycles. The SMILES string of the molecule is CC(C)Oc1ccc(NC(=O)c2nc(N)n[nH]2)cc1. The maximum atomic E-state index is 11.8. The predicted molar refractivity (Wildman–Crippen MR) is 71.0 cm³/mol. The van der Waals surface area contributed by atoms with E-state index in [-0.39, 0.29) is 17.9 Å². The van der Waals surface area contributed by atoms with Crippen LogP contribution >= 0.6 is 0 Å². The van der Waals surface area contributed by atoms with Crippen molar-refractivity contribution in [3.63, 3.8) is 0 Å². The topological polar surface area (TPSA) is 106 Å². The van der Waals surface area contributed by atoms with E-state index in [0.717, 1.165) is 5.75 Å². The van der Waals surface area contributed by atoms with E-state index in [9.17, 15) is 4.79 Å². The minimum absolute atomic E-state index is 0.0332. The monoisotopic (exact) mass is 261 g/mol. The van der Waals surface area contributed by atoms with Gasteiger partial charge in [0.25, 0.3) is 5.91 Å². The maximum Gasteiger partial charge on any atom is 0.293 e. The highest BCUT2D eigenvalue weighted by molar-refractivity contribution is 6.01. The molecule has 0 aliphatic carbocycles. The Labute approximate surface area is 110 Å². The van der Waals surface area contributed by atoms with Crippen molar-refractivity contribution in [3.8, 4) is 5.75 Å². The summed E-state index contributed by atoms with van der Waals surface area (Å²) < 4.78 is 5.50. The van der Waals surface area contributed by atoms with Crippen molar-refractivity contribution in [2.24, 2.45) is 0 Å². The summed E-state index contributed by atoms with van der Waals surface area (Å²) in [6, 6.07) is 7.05. The Morgan fingerprint density at radius 3 is 2.58 bits per heavy atom. The minimum Gasteiger partial charge on any atom is -0.491 e. The molecule has 0 aliphatic rings. The van der Waals surface area contributed by atoms with Crippen molar-refractivity contribution in [3.05, 3.63) is 30.1 Å². The normalized spacial score (nSPS) is 10.5. The van der Waals surface area contributed by atoms with E-state index in [1.807, 2.05) is 13.8 Å². The third-order valence-corrected chi connectivity index (χ3v) is 2.20. The van der Waals surface area contributed by atoms with E-state index >= 15 is 0 Å². The van der Waals surface area contributed by atoms with Crippen molar-refractivity contribution in [1.82, 2.24) is 15.2 Å². The molecule has 1 amide bonds. The van der Waals surface area contributed by atoms with E-state index in [1.54, 1.807) is 24.3 Å². The maximum absolute atomic E-state index is 11.8. The van der Waals surface area contributed by atoms with Gasteiger partial charge in [0.05, 0.1) is 6.10 Å². The molecule has 2 rings (SSSR count). The van der Waals surface area contributed by atoms with Gasteiger partial charge in [-0.1, -0.05) is 0 Å². The van der Waals surface area contributed by atoms with E-state index in [1.165, 1.54) is 0 Å². The van der Waals surface area contributed by atoms with Crippen LogP contribution in [0.4, 0.5) is 11.6 Å². The number of carbonyl (C=O) groups is 1. The zero-order valence-corrected chi connectivity index (χ0v) is 10.7. The lowest BCUT2D eigenvalue weighted by Gasteiger charge is -2.10. The Kier molecular flexibility index (Phi) is 3.65. The Morgan fingerprint density at radius 1 is 1.37 bits per heavy atom. The Morgan fingerprint density at radius 2 is 2.05 bits per heavy atom. The van der Waals surface area contributed by atoms with Gasteiger partial charge >= 0.3 is 0 Å². The summed E-state index contributed by atoms with van der Waals surface area (Å²) in [5.74, 6) is 0.449. The van der Waals surface area contributed by atoms with Gasteiger partial charge in [-0.15, -0.1) is 5.10 Å². The molecular formula is C12H15N5O2. The van der Waals surface area contributed by atoms with Gasteiger partial charge in [-0.25, -0.2) is 0 Å². The van der Waals surface area contributed by atoms with E-state index in [4.69, 9.17) is 10.5 Å². The zero-order valence-electron chi connectivity index (χ0n) is 10.7. The molecule has 0 radical (unpaired) electrons. The standard InChI is InChI=1S/C12H15N5O2/c1-7(2)19-9-5-3-8(4-6-9)14-11(18)10-15-12(13)17-16-10/h3-7H,1-2H3,(H,14,18)(H3,13,15,16,17). The average molecular weight is 261 g/mol. The van der Waals surface area contributed by atoms with Crippen LogP contribution in [0.3, 0.4) is 0 Å². The molecule has 1 heterocycles. The predicted octanol–water partition coefficient (Wildman–Crippen LogP) is 1.43. The van der Waals surface area contributed by atoms with Crippen LogP contribution in [0.5, 0.6) is 5.75 Å². The zero-order chi connectivity index (χ0) is 13.8. The molecule has 2 aromatic rings. The fourth-order valence-electron chi connectivity index (χ4n) is 1.46. The highest BCUT2D eigenvalue weighted by Gasteiger charge is 2.10. The van der Waals surface area contributed by atoms with Crippen molar-refractivity contribution in [2.45, 2.75) is 20.0 Å². The van der Waals surface area contributed by atoms with Crippen LogP contribution in [0.15, 0.2) is 24.3 Å². The van der Waals surface area contributed by atoms with E-state index < -0.39 is 5.91 Å². The summed E-state index contributed by atoms with van der Waals surface area (Å²) in [6.07, 6.45) is 0.109. The van der Waals surface area contributed by atoms with Crippen LogP contribution in [0.1, 0.15) is 24.5 Å². The molecular weight excluding hydrogens is 246 g/mol. The van der Waals surface area contributed by atoms with Gasteiger partial charge in [0.2, 0.25) is 11.8 Å². The fraction of sp³-hybridized carbons (Fsp3) is 0.250. The quantitative estimate of drug-likeness (QED) is 0.771. The van der Waals surface area contributed by atoms with Gasteiger partial charge in [-0.05, 0) is 38.1 Å². The summed E-state index contributed by atoms with van der Waals surface area (Å²) in [5, 5.41) is 8.70. The molecule has 1 aromatic heterocycles. The van der Waals surface area contributed by atoms with Gasteiger partial charge in [-0.2, -0.15) is 4.98 Å². The van der Waals surface area contributed by atoms with Crippen LogP contribution in [0.25, 0.3) is 0 Å². The van der Waals surface area contributed by atoms with E-state index in [0.29, 0.717) is 5.69 Å². The van der Waals surface area contributed by atoms with Gasteiger partial charge in [0.15, 0.2) is 0 Å². The second kappa shape index (κ2) is 5.38.